The molecule has 0 aliphatic carbocycles. The first kappa shape index (κ1) is 20.5. The Morgan fingerprint density at radius 2 is 1.86 bits per heavy atom. The van der Waals surface area contributed by atoms with Gasteiger partial charge in [0.25, 0.3) is 5.91 Å². The number of fused-ring (bicyclic) bond motifs is 1. The third-order valence-electron chi connectivity index (χ3n) is 4.18. The highest BCUT2D eigenvalue weighted by molar-refractivity contribution is 7.20. The van der Waals surface area contributed by atoms with Crippen molar-refractivity contribution in [1.29, 1.82) is 0 Å². The summed E-state index contributed by atoms with van der Waals surface area (Å²) in [6.45, 7) is 1.25. The quantitative estimate of drug-likeness (QED) is 0.626. The van der Waals surface area contributed by atoms with Crippen molar-refractivity contribution in [3.05, 3.63) is 64.8 Å². The first-order valence-electron chi connectivity index (χ1n) is 8.79. The number of benzene rings is 2. The molecule has 0 fully saturated rings. The molecule has 0 saturated heterocycles. The van der Waals surface area contributed by atoms with Crippen molar-refractivity contribution in [2.45, 2.75) is 6.92 Å². The number of ether oxygens (including phenoxy) is 1. The van der Waals surface area contributed by atoms with Gasteiger partial charge in [-0.05, 0) is 37.3 Å². The molecule has 0 spiro atoms. The van der Waals surface area contributed by atoms with Crippen LogP contribution in [0.2, 0.25) is 0 Å². The van der Waals surface area contributed by atoms with Crippen LogP contribution in [0.4, 0.5) is 10.1 Å². The molecule has 0 atom stereocenters. The lowest BCUT2D eigenvalue weighted by molar-refractivity contribution is -0.136. The zero-order chi connectivity index (χ0) is 21.0. The summed E-state index contributed by atoms with van der Waals surface area (Å²) in [6.07, 6.45) is 0. The SMILES string of the molecule is Cc1ccc(NC(=O)CN(C)C(=O)COC(=O)c2cc3c(F)cccc3s2)cc1. The first-order chi connectivity index (χ1) is 13.8. The van der Waals surface area contributed by atoms with Crippen molar-refractivity contribution in [3.8, 4) is 0 Å². The Morgan fingerprint density at radius 3 is 2.55 bits per heavy atom. The highest BCUT2D eigenvalue weighted by Crippen LogP contribution is 2.28. The Kier molecular flexibility index (Phi) is 6.23. The van der Waals surface area contributed by atoms with Gasteiger partial charge in [0.2, 0.25) is 5.91 Å². The molecule has 0 aliphatic rings. The van der Waals surface area contributed by atoms with Gasteiger partial charge in [-0.25, -0.2) is 9.18 Å². The van der Waals surface area contributed by atoms with Crippen LogP contribution in [0.5, 0.6) is 0 Å². The van der Waals surface area contributed by atoms with Crippen molar-refractivity contribution < 1.29 is 23.5 Å². The molecule has 0 unspecified atom stereocenters. The first-order valence-corrected chi connectivity index (χ1v) is 9.61. The summed E-state index contributed by atoms with van der Waals surface area (Å²) < 4.78 is 19.4. The highest BCUT2D eigenvalue weighted by atomic mass is 32.1. The Bertz CT molecular complexity index is 1060. The molecule has 1 heterocycles. The standard InChI is InChI=1S/C21H19FN2O4S/c1-13-6-8-14(9-7-13)23-19(25)11-24(2)20(26)12-28-21(27)18-10-15-16(22)4-3-5-17(15)29-18/h3-10H,11-12H2,1-2H3,(H,23,25). The van der Waals surface area contributed by atoms with Crippen molar-refractivity contribution in [2.24, 2.45) is 0 Å². The molecule has 0 bridgehead atoms. The fraction of sp³-hybridized carbons (Fsp3) is 0.190. The van der Waals surface area contributed by atoms with E-state index in [9.17, 15) is 18.8 Å². The minimum Gasteiger partial charge on any atom is -0.451 e. The molecule has 1 aromatic heterocycles. The maximum absolute atomic E-state index is 13.7. The van der Waals surface area contributed by atoms with Crippen LogP contribution in [0.1, 0.15) is 15.2 Å². The van der Waals surface area contributed by atoms with Crippen molar-refractivity contribution in [1.82, 2.24) is 4.90 Å². The average molecular weight is 414 g/mol. The molecule has 0 radical (unpaired) electrons. The molecular formula is C21H19FN2O4S. The molecule has 3 aromatic rings. The summed E-state index contributed by atoms with van der Waals surface area (Å²) in [7, 11) is 1.44. The third-order valence-corrected chi connectivity index (χ3v) is 5.26. The van der Waals surface area contributed by atoms with Crippen LogP contribution >= 0.6 is 11.3 Å². The molecule has 0 saturated carbocycles. The fourth-order valence-corrected chi connectivity index (χ4v) is 3.54. The van der Waals surface area contributed by atoms with E-state index in [0.29, 0.717) is 15.8 Å². The Morgan fingerprint density at radius 1 is 1.14 bits per heavy atom. The molecule has 0 aliphatic heterocycles. The van der Waals surface area contributed by atoms with Crippen LogP contribution < -0.4 is 5.32 Å². The minimum absolute atomic E-state index is 0.182. The number of likely N-dealkylation sites (N-methyl/N-ethyl adjacent to an activating group) is 1. The lowest BCUT2D eigenvalue weighted by Crippen LogP contribution is -2.37. The number of nitrogens with one attached hydrogen (secondary N) is 1. The number of hydrogen-bond acceptors (Lipinski definition) is 5. The Hall–Kier alpha value is -3.26. The number of rotatable bonds is 6. The van der Waals surface area contributed by atoms with E-state index >= 15 is 0 Å². The lowest BCUT2D eigenvalue weighted by Gasteiger charge is -2.16. The summed E-state index contributed by atoms with van der Waals surface area (Å²) in [5, 5.41) is 3.03. The topological polar surface area (TPSA) is 75.7 Å². The monoisotopic (exact) mass is 414 g/mol. The number of carbonyl (C=O) groups excluding carboxylic acids is 3. The number of esters is 1. The second-order valence-corrected chi connectivity index (χ2v) is 7.59. The average Bonchev–Trinajstić information content (AvgIpc) is 3.13. The van der Waals surface area contributed by atoms with Gasteiger partial charge in [-0.1, -0.05) is 23.8 Å². The van der Waals surface area contributed by atoms with Gasteiger partial charge in [0.15, 0.2) is 6.61 Å². The number of nitrogens with zero attached hydrogens (tertiary/aromatic N) is 1. The number of halogens is 1. The van der Waals surface area contributed by atoms with E-state index in [1.807, 2.05) is 19.1 Å². The van der Waals surface area contributed by atoms with Gasteiger partial charge in [-0.3, -0.25) is 9.59 Å². The van der Waals surface area contributed by atoms with Gasteiger partial charge in [-0.2, -0.15) is 0 Å². The zero-order valence-corrected chi connectivity index (χ0v) is 16.7. The summed E-state index contributed by atoms with van der Waals surface area (Å²) in [4.78, 5) is 37.7. The van der Waals surface area contributed by atoms with E-state index < -0.39 is 24.3 Å². The van der Waals surface area contributed by atoms with Crippen molar-refractivity contribution in [2.75, 3.05) is 25.5 Å². The Balaban J connectivity index is 1.51. The minimum atomic E-state index is -0.712. The van der Waals surface area contributed by atoms with E-state index in [1.165, 1.54) is 24.1 Å². The van der Waals surface area contributed by atoms with Gasteiger partial charge in [0.05, 0.1) is 6.54 Å². The van der Waals surface area contributed by atoms with Crippen LogP contribution in [0, 0.1) is 12.7 Å². The molecular weight excluding hydrogens is 395 g/mol. The number of aryl methyl sites for hydroxylation is 1. The van der Waals surface area contributed by atoms with Crippen LogP contribution in [-0.4, -0.2) is 42.9 Å². The predicted molar refractivity (Wildman–Crippen MR) is 110 cm³/mol. The van der Waals surface area contributed by atoms with Gasteiger partial charge in [0.1, 0.15) is 10.7 Å². The molecule has 6 nitrogen and oxygen atoms in total. The summed E-state index contributed by atoms with van der Waals surface area (Å²) in [6, 6.07) is 13.2. The number of thiophene rings is 1. The normalized spacial score (nSPS) is 10.6. The van der Waals surface area contributed by atoms with E-state index in [1.54, 1.807) is 24.3 Å². The second kappa shape index (κ2) is 8.83. The summed E-state index contributed by atoms with van der Waals surface area (Å²) in [5.74, 6) is -2.02. The fourth-order valence-electron chi connectivity index (χ4n) is 2.58. The molecule has 1 N–H and O–H groups in total. The van der Waals surface area contributed by atoms with Gasteiger partial charge >= 0.3 is 5.97 Å². The van der Waals surface area contributed by atoms with Crippen LogP contribution in [0.15, 0.2) is 48.5 Å². The molecule has 2 aromatic carbocycles. The van der Waals surface area contributed by atoms with E-state index in [0.717, 1.165) is 16.9 Å². The zero-order valence-electron chi connectivity index (χ0n) is 15.9. The number of carbonyl (C=O) groups is 3. The largest absolute Gasteiger partial charge is 0.451 e. The van der Waals surface area contributed by atoms with Crippen LogP contribution in [-0.2, 0) is 14.3 Å². The summed E-state index contributed by atoms with van der Waals surface area (Å²) in [5.41, 5.74) is 1.70. The number of hydrogen-bond donors (Lipinski definition) is 1. The molecule has 3 rings (SSSR count). The Labute approximate surface area is 170 Å². The molecule has 29 heavy (non-hydrogen) atoms. The van der Waals surface area contributed by atoms with E-state index in [2.05, 4.69) is 5.32 Å². The maximum atomic E-state index is 13.7. The molecule has 2 amide bonds. The van der Waals surface area contributed by atoms with Gasteiger partial charge in [-0.15, -0.1) is 11.3 Å². The van der Waals surface area contributed by atoms with Gasteiger partial charge < -0.3 is 15.0 Å². The predicted octanol–water partition coefficient (Wildman–Crippen LogP) is 3.60. The van der Waals surface area contributed by atoms with E-state index in [4.69, 9.17) is 4.74 Å². The van der Waals surface area contributed by atoms with Crippen LogP contribution in [0.25, 0.3) is 10.1 Å². The van der Waals surface area contributed by atoms with E-state index in [-0.39, 0.29) is 17.3 Å². The summed E-state index contributed by atoms with van der Waals surface area (Å²) >= 11 is 1.09. The highest BCUT2D eigenvalue weighted by Gasteiger charge is 2.18. The maximum Gasteiger partial charge on any atom is 0.348 e. The number of amides is 2. The second-order valence-electron chi connectivity index (χ2n) is 6.50. The lowest BCUT2D eigenvalue weighted by atomic mass is 10.2. The third kappa shape index (κ3) is 5.17. The van der Waals surface area contributed by atoms with Crippen molar-refractivity contribution >= 4 is 44.9 Å². The van der Waals surface area contributed by atoms with Gasteiger partial charge in [0, 0.05) is 22.8 Å². The molecule has 8 heteroatoms. The van der Waals surface area contributed by atoms with Crippen molar-refractivity contribution in [3.63, 3.8) is 0 Å². The smallest absolute Gasteiger partial charge is 0.348 e. The molecule has 150 valence electrons. The van der Waals surface area contributed by atoms with Crippen LogP contribution in [0.3, 0.4) is 0 Å². The number of anilines is 1.